The molecule has 3 N–H and O–H groups in total. The molecule has 1 aliphatic rings. The summed E-state index contributed by atoms with van der Waals surface area (Å²) in [4.78, 5) is 22.6. The highest BCUT2D eigenvalue weighted by Crippen LogP contribution is 2.04. The largest absolute Gasteiger partial charge is 0.480 e. The van der Waals surface area contributed by atoms with E-state index in [0.717, 1.165) is 0 Å². The van der Waals surface area contributed by atoms with Crippen molar-refractivity contribution in [3.05, 3.63) is 0 Å². The molecule has 0 radical (unpaired) electrons. The molecule has 1 atom stereocenters. The lowest BCUT2D eigenvalue weighted by Gasteiger charge is -2.27. The maximum Gasteiger partial charge on any atom is 0.330 e. The number of carbonyl (C=O) groups is 2. The number of morpholine rings is 1. The van der Waals surface area contributed by atoms with Crippen LogP contribution in [-0.4, -0.2) is 54.5 Å². The summed E-state index contributed by atoms with van der Waals surface area (Å²) in [6.45, 7) is 6.17. The average molecular weight is 259 g/mol. The maximum absolute atomic E-state index is 11.6. The highest BCUT2D eigenvalue weighted by molar-refractivity contribution is 5.82. The van der Waals surface area contributed by atoms with Gasteiger partial charge in [-0.15, -0.1) is 0 Å². The van der Waals surface area contributed by atoms with Crippen molar-refractivity contribution in [2.24, 2.45) is 5.92 Å². The van der Waals surface area contributed by atoms with Crippen LogP contribution >= 0.6 is 0 Å². The first-order chi connectivity index (χ1) is 8.49. The van der Waals surface area contributed by atoms with Crippen molar-refractivity contribution >= 4 is 12.0 Å². The molecule has 1 fully saturated rings. The van der Waals surface area contributed by atoms with E-state index in [1.54, 1.807) is 5.01 Å². The van der Waals surface area contributed by atoms with E-state index in [-0.39, 0.29) is 5.92 Å². The number of aliphatic carboxylic acids is 1. The first kappa shape index (κ1) is 14.7. The molecular formula is C11H21N3O4. The molecule has 0 saturated carbocycles. The van der Waals surface area contributed by atoms with Gasteiger partial charge in [-0.25, -0.2) is 14.6 Å². The number of carboxylic acid groups (broad SMARTS) is 1. The molecule has 18 heavy (non-hydrogen) atoms. The predicted octanol–water partition coefficient (Wildman–Crippen LogP) is 0.0321. The van der Waals surface area contributed by atoms with Crippen molar-refractivity contribution in [2.45, 2.75) is 26.3 Å². The van der Waals surface area contributed by atoms with E-state index in [4.69, 9.17) is 9.84 Å². The number of urea groups is 1. The van der Waals surface area contributed by atoms with E-state index in [1.165, 1.54) is 0 Å². The monoisotopic (exact) mass is 259 g/mol. The van der Waals surface area contributed by atoms with Crippen LogP contribution in [0.2, 0.25) is 0 Å². The summed E-state index contributed by atoms with van der Waals surface area (Å²) in [5, 5.41) is 13.2. The number of rotatable bonds is 5. The van der Waals surface area contributed by atoms with Gasteiger partial charge in [0.25, 0.3) is 0 Å². The van der Waals surface area contributed by atoms with Gasteiger partial charge in [-0.3, -0.25) is 5.43 Å². The lowest BCUT2D eigenvalue weighted by atomic mass is 10.0. The number of carbonyl (C=O) groups excluding carboxylic acids is 1. The van der Waals surface area contributed by atoms with E-state index < -0.39 is 18.0 Å². The molecule has 0 unspecified atom stereocenters. The fourth-order valence-electron chi connectivity index (χ4n) is 1.70. The van der Waals surface area contributed by atoms with Gasteiger partial charge >= 0.3 is 12.0 Å². The molecule has 0 bridgehead atoms. The van der Waals surface area contributed by atoms with E-state index in [9.17, 15) is 9.59 Å². The number of hydrogen-bond acceptors (Lipinski definition) is 4. The number of hydrazine groups is 1. The minimum atomic E-state index is -1.01. The van der Waals surface area contributed by atoms with Crippen LogP contribution in [0.5, 0.6) is 0 Å². The van der Waals surface area contributed by atoms with Crippen LogP contribution in [-0.2, 0) is 9.53 Å². The number of nitrogens with one attached hydrogen (secondary N) is 2. The molecule has 0 spiro atoms. The second-order valence-electron chi connectivity index (χ2n) is 4.71. The van der Waals surface area contributed by atoms with Crippen molar-refractivity contribution in [2.75, 3.05) is 26.3 Å². The summed E-state index contributed by atoms with van der Waals surface area (Å²) in [6, 6.07) is -1.34. The Kier molecular flexibility index (Phi) is 5.87. The Morgan fingerprint density at radius 1 is 1.33 bits per heavy atom. The summed E-state index contributed by atoms with van der Waals surface area (Å²) in [6.07, 6.45) is 0.409. The minimum absolute atomic E-state index is 0.204. The second kappa shape index (κ2) is 7.17. The quantitative estimate of drug-likeness (QED) is 0.648. The molecule has 2 amide bonds. The van der Waals surface area contributed by atoms with Crippen molar-refractivity contribution in [3.63, 3.8) is 0 Å². The number of carboxylic acids is 1. The van der Waals surface area contributed by atoms with Crippen LogP contribution in [0.3, 0.4) is 0 Å². The van der Waals surface area contributed by atoms with Gasteiger partial charge < -0.3 is 15.2 Å². The van der Waals surface area contributed by atoms with E-state index in [2.05, 4.69) is 10.7 Å². The molecule has 1 aliphatic heterocycles. The number of amides is 2. The summed E-state index contributed by atoms with van der Waals surface area (Å²) < 4.78 is 5.15. The van der Waals surface area contributed by atoms with Gasteiger partial charge in [0.2, 0.25) is 0 Å². The van der Waals surface area contributed by atoms with Gasteiger partial charge in [0.05, 0.1) is 13.2 Å². The first-order valence-electron chi connectivity index (χ1n) is 6.11. The highest BCUT2D eigenvalue weighted by atomic mass is 16.5. The molecule has 1 heterocycles. The summed E-state index contributed by atoms with van der Waals surface area (Å²) >= 11 is 0. The minimum Gasteiger partial charge on any atom is -0.480 e. The zero-order valence-electron chi connectivity index (χ0n) is 10.8. The number of hydrogen-bond donors (Lipinski definition) is 3. The molecule has 7 heteroatoms. The lowest BCUT2D eigenvalue weighted by Crippen LogP contribution is -2.54. The molecule has 1 rings (SSSR count). The molecule has 0 aromatic rings. The van der Waals surface area contributed by atoms with Gasteiger partial charge in [0, 0.05) is 13.1 Å². The molecular weight excluding hydrogens is 238 g/mol. The topological polar surface area (TPSA) is 90.9 Å². The molecule has 1 saturated heterocycles. The SMILES string of the molecule is CC(C)C[C@@H](NC(=O)NN1CCOCC1)C(=O)O. The maximum atomic E-state index is 11.6. The fourth-order valence-corrected chi connectivity index (χ4v) is 1.70. The van der Waals surface area contributed by atoms with E-state index in [1.807, 2.05) is 13.8 Å². The normalized spacial score (nSPS) is 18.4. The summed E-state index contributed by atoms with van der Waals surface area (Å²) in [5.74, 6) is -0.810. The standard InChI is InChI=1S/C11H21N3O4/c1-8(2)7-9(10(15)16)12-11(17)13-14-3-5-18-6-4-14/h8-9H,3-7H2,1-2H3,(H,15,16)(H2,12,13,17)/t9-/m1/s1. The molecule has 0 aliphatic carbocycles. The van der Waals surface area contributed by atoms with Gasteiger partial charge in [-0.1, -0.05) is 13.8 Å². The Morgan fingerprint density at radius 3 is 2.44 bits per heavy atom. The number of ether oxygens (including phenoxy) is 1. The third-order valence-electron chi connectivity index (χ3n) is 2.58. The van der Waals surface area contributed by atoms with Crippen molar-refractivity contribution in [3.8, 4) is 0 Å². The van der Waals surface area contributed by atoms with Crippen molar-refractivity contribution in [1.82, 2.24) is 15.8 Å². The number of nitrogens with zero attached hydrogens (tertiary/aromatic N) is 1. The smallest absolute Gasteiger partial charge is 0.330 e. The first-order valence-corrected chi connectivity index (χ1v) is 6.11. The zero-order valence-corrected chi connectivity index (χ0v) is 10.8. The Hall–Kier alpha value is -1.34. The predicted molar refractivity (Wildman–Crippen MR) is 64.9 cm³/mol. The van der Waals surface area contributed by atoms with E-state index in [0.29, 0.717) is 32.7 Å². The van der Waals surface area contributed by atoms with Crippen LogP contribution in [0.15, 0.2) is 0 Å². The van der Waals surface area contributed by atoms with Crippen LogP contribution in [0.1, 0.15) is 20.3 Å². The second-order valence-corrected chi connectivity index (χ2v) is 4.71. The van der Waals surface area contributed by atoms with Crippen molar-refractivity contribution < 1.29 is 19.4 Å². The Morgan fingerprint density at radius 2 is 1.94 bits per heavy atom. The third-order valence-corrected chi connectivity index (χ3v) is 2.58. The van der Waals surface area contributed by atoms with Gasteiger partial charge in [-0.05, 0) is 12.3 Å². The highest BCUT2D eigenvalue weighted by Gasteiger charge is 2.22. The average Bonchev–Trinajstić information content (AvgIpc) is 2.28. The fraction of sp³-hybridized carbons (Fsp3) is 0.818. The molecule has 0 aromatic carbocycles. The molecule has 0 aromatic heterocycles. The van der Waals surface area contributed by atoms with Gasteiger partial charge in [0.15, 0.2) is 0 Å². The van der Waals surface area contributed by atoms with Gasteiger partial charge in [0.1, 0.15) is 6.04 Å². The van der Waals surface area contributed by atoms with Crippen LogP contribution in [0.4, 0.5) is 4.79 Å². The Balaban J connectivity index is 2.37. The van der Waals surface area contributed by atoms with Crippen LogP contribution in [0, 0.1) is 5.92 Å². The van der Waals surface area contributed by atoms with Gasteiger partial charge in [-0.2, -0.15) is 0 Å². The zero-order chi connectivity index (χ0) is 13.5. The van der Waals surface area contributed by atoms with Crippen LogP contribution in [0.25, 0.3) is 0 Å². The lowest BCUT2D eigenvalue weighted by molar-refractivity contribution is -0.139. The third kappa shape index (κ3) is 5.33. The molecule has 7 nitrogen and oxygen atoms in total. The van der Waals surface area contributed by atoms with Crippen LogP contribution < -0.4 is 10.7 Å². The summed E-state index contributed by atoms with van der Waals surface area (Å²) in [7, 11) is 0. The Bertz CT molecular complexity index is 290. The van der Waals surface area contributed by atoms with E-state index >= 15 is 0 Å². The summed E-state index contributed by atoms with van der Waals surface area (Å²) in [5.41, 5.74) is 2.62. The van der Waals surface area contributed by atoms with Crippen molar-refractivity contribution in [1.29, 1.82) is 0 Å². The Labute approximate surface area is 106 Å². The molecule has 104 valence electrons.